The van der Waals surface area contributed by atoms with Crippen molar-refractivity contribution in [3.63, 3.8) is 0 Å². The lowest BCUT2D eigenvalue weighted by molar-refractivity contribution is 0.0740. The van der Waals surface area contributed by atoms with Crippen LogP contribution in [0, 0.1) is 6.92 Å². The van der Waals surface area contributed by atoms with Crippen molar-refractivity contribution < 1.29 is 4.79 Å². The largest absolute Gasteiger partial charge is 0.357 e. The van der Waals surface area contributed by atoms with E-state index >= 15 is 0 Å². The van der Waals surface area contributed by atoms with Crippen LogP contribution in [0.15, 0.2) is 24.4 Å². The molecule has 0 atom stereocenters. The lowest BCUT2D eigenvalue weighted by atomic mass is 10.2. The normalized spacial score (nSPS) is 14.6. The third kappa shape index (κ3) is 3.56. The molecule has 0 bridgehead atoms. The van der Waals surface area contributed by atoms with Gasteiger partial charge in [0.05, 0.1) is 5.02 Å². The maximum Gasteiger partial charge on any atom is 0.272 e. The Kier molecular flexibility index (Phi) is 4.80. The number of halogens is 1. The van der Waals surface area contributed by atoms with E-state index in [-0.39, 0.29) is 5.91 Å². The first-order valence-corrected chi connectivity index (χ1v) is 8.14. The van der Waals surface area contributed by atoms with Crippen molar-refractivity contribution in [1.82, 2.24) is 19.9 Å². The SMILES string of the molecule is CNc1nc(C)cc(C(=O)N2CCN(c3ccc(Cl)cn3)CC2)n1. The van der Waals surface area contributed by atoms with Gasteiger partial charge in [-0.05, 0) is 25.1 Å². The molecule has 2 aromatic rings. The van der Waals surface area contributed by atoms with Gasteiger partial charge < -0.3 is 15.1 Å². The molecule has 0 aromatic carbocycles. The minimum absolute atomic E-state index is 0.0688. The molecule has 2 aromatic heterocycles. The topological polar surface area (TPSA) is 74.2 Å². The predicted octanol–water partition coefficient (Wildman–Crippen LogP) is 1.84. The zero-order chi connectivity index (χ0) is 17.1. The first kappa shape index (κ1) is 16.4. The van der Waals surface area contributed by atoms with Crippen LogP contribution < -0.4 is 10.2 Å². The second kappa shape index (κ2) is 7.00. The quantitative estimate of drug-likeness (QED) is 0.914. The molecule has 8 heteroatoms. The van der Waals surface area contributed by atoms with Gasteiger partial charge in [0.15, 0.2) is 0 Å². The van der Waals surface area contributed by atoms with Crippen molar-refractivity contribution >= 4 is 29.3 Å². The highest BCUT2D eigenvalue weighted by Crippen LogP contribution is 2.17. The number of rotatable bonds is 3. The highest BCUT2D eigenvalue weighted by Gasteiger charge is 2.24. The number of nitrogens with one attached hydrogen (secondary N) is 1. The Bertz CT molecular complexity index is 728. The summed E-state index contributed by atoms with van der Waals surface area (Å²) in [5, 5.41) is 3.50. The standard InChI is InChI=1S/C16H19ClN6O/c1-11-9-13(21-16(18-2)20-11)15(24)23-7-5-22(6-8-23)14-4-3-12(17)10-19-14/h3-4,9-10H,5-8H2,1-2H3,(H,18,20,21). The average molecular weight is 347 g/mol. The molecule has 1 amide bonds. The smallest absolute Gasteiger partial charge is 0.272 e. The molecule has 1 aliphatic heterocycles. The third-order valence-corrected chi connectivity index (χ3v) is 4.12. The zero-order valence-electron chi connectivity index (χ0n) is 13.7. The summed E-state index contributed by atoms with van der Waals surface area (Å²) in [6, 6.07) is 5.44. The average Bonchev–Trinajstić information content (AvgIpc) is 2.61. The van der Waals surface area contributed by atoms with E-state index in [4.69, 9.17) is 11.6 Å². The molecule has 0 radical (unpaired) electrons. The van der Waals surface area contributed by atoms with Gasteiger partial charge in [0, 0.05) is 45.1 Å². The molecule has 1 saturated heterocycles. The number of amides is 1. The number of carbonyl (C=O) groups is 1. The number of hydrogen-bond acceptors (Lipinski definition) is 6. The van der Waals surface area contributed by atoms with Gasteiger partial charge in [-0.1, -0.05) is 11.6 Å². The number of hydrogen-bond donors (Lipinski definition) is 1. The number of nitrogens with zero attached hydrogens (tertiary/aromatic N) is 5. The lowest BCUT2D eigenvalue weighted by Gasteiger charge is -2.35. The van der Waals surface area contributed by atoms with Crippen LogP contribution in [0.1, 0.15) is 16.2 Å². The summed E-state index contributed by atoms with van der Waals surface area (Å²) in [5.41, 5.74) is 1.19. The molecule has 3 heterocycles. The first-order chi connectivity index (χ1) is 11.6. The number of pyridine rings is 1. The van der Waals surface area contributed by atoms with E-state index in [1.165, 1.54) is 0 Å². The van der Waals surface area contributed by atoms with Crippen molar-refractivity contribution in [2.75, 3.05) is 43.4 Å². The van der Waals surface area contributed by atoms with Crippen LogP contribution in [-0.4, -0.2) is 59.0 Å². The second-order valence-electron chi connectivity index (χ2n) is 5.58. The Morgan fingerprint density at radius 2 is 1.96 bits per heavy atom. The van der Waals surface area contributed by atoms with Crippen molar-refractivity contribution in [3.05, 3.63) is 40.8 Å². The fourth-order valence-electron chi connectivity index (χ4n) is 2.65. The van der Waals surface area contributed by atoms with Gasteiger partial charge in [-0.3, -0.25) is 4.79 Å². The molecule has 0 unspecified atom stereocenters. The van der Waals surface area contributed by atoms with Crippen LogP contribution in [0.25, 0.3) is 0 Å². The fraction of sp³-hybridized carbons (Fsp3) is 0.375. The van der Waals surface area contributed by atoms with Crippen LogP contribution in [0.4, 0.5) is 11.8 Å². The Morgan fingerprint density at radius 3 is 2.58 bits per heavy atom. The Hall–Kier alpha value is -2.41. The second-order valence-corrected chi connectivity index (χ2v) is 6.02. The maximum absolute atomic E-state index is 12.7. The minimum atomic E-state index is -0.0688. The molecular formula is C16H19ClN6O. The number of anilines is 2. The lowest BCUT2D eigenvalue weighted by Crippen LogP contribution is -2.49. The van der Waals surface area contributed by atoms with E-state index in [1.807, 2.05) is 24.0 Å². The highest BCUT2D eigenvalue weighted by molar-refractivity contribution is 6.30. The number of carbonyl (C=O) groups excluding carboxylic acids is 1. The van der Waals surface area contributed by atoms with Gasteiger partial charge in [0.25, 0.3) is 5.91 Å². The van der Waals surface area contributed by atoms with Crippen LogP contribution in [-0.2, 0) is 0 Å². The van der Waals surface area contributed by atoms with Gasteiger partial charge >= 0.3 is 0 Å². The van der Waals surface area contributed by atoms with Crippen molar-refractivity contribution in [2.24, 2.45) is 0 Å². The van der Waals surface area contributed by atoms with Gasteiger partial charge in [-0.25, -0.2) is 15.0 Å². The third-order valence-electron chi connectivity index (χ3n) is 3.90. The molecule has 0 spiro atoms. The van der Waals surface area contributed by atoms with E-state index in [1.54, 1.807) is 19.3 Å². The van der Waals surface area contributed by atoms with Crippen LogP contribution in [0.5, 0.6) is 0 Å². The summed E-state index contributed by atoms with van der Waals surface area (Å²) in [7, 11) is 1.74. The van der Waals surface area contributed by atoms with Gasteiger partial charge in [0.1, 0.15) is 11.5 Å². The molecular weight excluding hydrogens is 328 g/mol. The Balaban J connectivity index is 1.67. The molecule has 7 nitrogen and oxygen atoms in total. The van der Waals surface area contributed by atoms with Crippen molar-refractivity contribution in [2.45, 2.75) is 6.92 Å². The summed E-state index contributed by atoms with van der Waals surface area (Å²) in [6.45, 7) is 4.55. The summed E-state index contributed by atoms with van der Waals surface area (Å²) >= 11 is 5.87. The van der Waals surface area contributed by atoms with E-state index in [9.17, 15) is 4.79 Å². The minimum Gasteiger partial charge on any atom is -0.357 e. The molecule has 3 rings (SSSR count). The van der Waals surface area contributed by atoms with E-state index < -0.39 is 0 Å². The fourth-order valence-corrected chi connectivity index (χ4v) is 2.76. The van der Waals surface area contributed by atoms with E-state index in [2.05, 4.69) is 25.2 Å². The van der Waals surface area contributed by atoms with Crippen molar-refractivity contribution in [3.8, 4) is 0 Å². The molecule has 1 aliphatic rings. The van der Waals surface area contributed by atoms with Gasteiger partial charge in [0.2, 0.25) is 5.95 Å². The molecule has 1 fully saturated rings. The molecule has 0 aliphatic carbocycles. The monoisotopic (exact) mass is 346 g/mol. The molecule has 0 saturated carbocycles. The summed E-state index contributed by atoms with van der Waals surface area (Å²) in [5.74, 6) is 1.27. The zero-order valence-corrected chi connectivity index (χ0v) is 14.4. The first-order valence-electron chi connectivity index (χ1n) is 7.76. The number of aromatic nitrogens is 3. The van der Waals surface area contributed by atoms with Crippen LogP contribution in [0.2, 0.25) is 5.02 Å². The Morgan fingerprint density at radius 1 is 1.21 bits per heavy atom. The Labute approximate surface area is 145 Å². The summed E-state index contributed by atoms with van der Waals surface area (Å²) in [4.78, 5) is 29.4. The highest BCUT2D eigenvalue weighted by atomic mass is 35.5. The summed E-state index contributed by atoms with van der Waals surface area (Å²) in [6.07, 6.45) is 1.64. The number of aryl methyl sites for hydroxylation is 1. The predicted molar refractivity (Wildman–Crippen MR) is 93.7 cm³/mol. The van der Waals surface area contributed by atoms with Gasteiger partial charge in [-0.15, -0.1) is 0 Å². The van der Waals surface area contributed by atoms with Crippen LogP contribution >= 0.6 is 11.6 Å². The molecule has 24 heavy (non-hydrogen) atoms. The van der Waals surface area contributed by atoms with Crippen LogP contribution in [0.3, 0.4) is 0 Å². The van der Waals surface area contributed by atoms with Gasteiger partial charge in [-0.2, -0.15) is 0 Å². The number of piperazine rings is 1. The maximum atomic E-state index is 12.7. The van der Waals surface area contributed by atoms with Crippen molar-refractivity contribution in [1.29, 1.82) is 0 Å². The summed E-state index contributed by atoms with van der Waals surface area (Å²) < 4.78 is 0. The van der Waals surface area contributed by atoms with E-state index in [0.29, 0.717) is 29.8 Å². The molecule has 1 N–H and O–H groups in total. The molecule has 126 valence electrons. The van der Waals surface area contributed by atoms with E-state index in [0.717, 1.165) is 24.6 Å².